The van der Waals surface area contributed by atoms with Gasteiger partial charge >= 0.3 is 5.69 Å². The first kappa shape index (κ1) is 15.0. The van der Waals surface area contributed by atoms with Crippen molar-refractivity contribution in [3.8, 4) is 11.4 Å². The van der Waals surface area contributed by atoms with Crippen molar-refractivity contribution < 1.29 is 4.74 Å². The highest BCUT2D eigenvalue weighted by molar-refractivity contribution is 5.44. The molecule has 0 radical (unpaired) electrons. The van der Waals surface area contributed by atoms with E-state index in [2.05, 4.69) is 10.4 Å². The minimum atomic E-state index is -0.285. The van der Waals surface area contributed by atoms with Crippen molar-refractivity contribution in [2.24, 2.45) is 7.05 Å². The van der Waals surface area contributed by atoms with Crippen LogP contribution in [0.3, 0.4) is 0 Å². The molecule has 0 aliphatic carbocycles. The summed E-state index contributed by atoms with van der Waals surface area (Å²) < 4.78 is 8.36. The highest BCUT2D eigenvalue weighted by Gasteiger charge is 2.13. The highest BCUT2D eigenvalue weighted by Crippen LogP contribution is 2.20. The molecule has 0 atom stereocenters. The first-order valence-electron chi connectivity index (χ1n) is 7.33. The zero-order valence-electron chi connectivity index (χ0n) is 13.4. The fourth-order valence-electron chi connectivity index (χ4n) is 2.33. The Morgan fingerprint density at radius 2 is 1.78 bits per heavy atom. The Labute approximate surface area is 133 Å². The maximum Gasteiger partial charge on any atom is 0.368 e. The lowest BCUT2D eigenvalue weighted by atomic mass is 10.1. The van der Waals surface area contributed by atoms with Crippen LogP contribution in [0.4, 0.5) is 0 Å². The SMILES string of the molecule is Cc1ccc(OCc2c(C)cccc2-n2nnn(C)c2=O)cc1. The van der Waals surface area contributed by atoms with Crippen LogP contribution in [-0.2, 0) is 13.7 Å². The van der Waals surface area contributed by atoms with Gasteiger partial charge in [0.15, 0.2) is 0 Å². The number of hydrogen-bond donors (Lipinski definition) is 0. The number of aryl methyl sites for hydroxylation is 3. The Hall–Kier alpha value is -2.89. The number of hydrogen-bond acceptors (Lipinski definition) is 4. The molecule has 0 aliphatic heterocycles. The fraction of sp³-hybridized carbons (Fsp3) is 0.235. The maximum absolute atomic E-state index is 12.1. The van der Waals surface area contributed by atoms with E-state index in [1.807, 2.05) is 56.3 Å². The van der Waals surface area contributed by atoms with Crippen LogP contribution in [0, 0.1) is 13.8 Å². The van der Waals surface area contributed by atoms with Gasteiger partial charge in [-0.2, -0.15) is 9.36 Å². The van der Waals surface area contributed by atoms with E-state index in [1.165, 1.54) is 14.9 Å². The molecule has 0 N–H and O–H groups in total. The molecular formula is C17H18N4O2. The Kier molecular flexibility index (Phi) is 3.97. The molecule has 0 fully saturated rings. The number of ether oxygens (including phenoxy) is 1. The molecule has 23 heavy (non-hydrogen) atoms. The van der Waals surface area contributed by atoms with Crippen LogP contribution in [0.1, 0.15) is 16.7 Å². The summed E-state index contributed by atoms with van der Waals surface area (Å²) in [5, 5.41) is 7.68. The van der Waals surface area contributed by atoms with Crippen molar-refractivity contribution in [1.29, 1.82) is 0 Å². The van der Waals surface area contributed by atoms with Crippen molar-refractivity contribution in [1.82, 2.24) is 19.8 Å². The normalized spacial score (nSPS) is 10.7. The molecule has 0 amide bonds. The predicted octanol–water partition coefficient (Wildman–Crippen LogP) is 2.16. The Bertz CT molecular complexity index is 878. The lowest BCUT2D eigenvalue weighted by Crippen LogP contribution is -2.23. The summed E-state index contributed by atoms with van der Waals surface area (Å²) in [6.07, 6.45) is 0. The van der Waals surface area contributed by atoms with E-state index >= 15 is 0 Å². The lowest BCUT2D eigenvalue weighted by molar-refractivity contribution is 0.304. The first-order chi connectivity index (χ1) is 11.1. The number of aromatic nitrogens is 4. The zero-order chi connectivity index (χ0) is 16.4. The predicted molar refractivity (Wildman–Crippen MR) is 86.8 cm³/mol. The number of rotatable bonds is 4. The topological polar surface area (TPSA) is 61.9 Å². The minimum absolute atomic E-state index is 0.285. The molecule has 3 rings (SSSR count). The quantitative estimate of drug-likeness (QED) is 0.741. The van der Waals surface area contributed by atoms with Crippen LogP contribution < -0.4 is 10.4 Å². The average Bonchev–Trinajstić information content (AvgIpc) is 2.87. The van der Waals surface area contributed by atoms with Crippen molar-refractivity contribution >= 4 is 0 Å². The van der Waals surface area contributed by atoms with Crippen LogP contribution in [0.5, 0.6) is 5.75 Å². The summed E-state index contributed by atoms with van der Waals surface area (Å²) in [5.74, 6) is 0.788. The third kappa shape index (κ3) is 3.01. The molecule has 0 bridgehead atoms. The summed E-state index contributed by atoms with van der Waals surface area (Å²) in [5.41, 5.74) is 3.53. The van der Waals surface area contributed by atoms with E-state index in [9.17, 15) is 4.79 Å². The van der Waals surface area contributed by atoms with Gasteiger partial charge in [0.2, 0.25) is 0 Å². The van der Waals surface area contributed by atoms with Crippen molar-refractivity contribution in [2.45, 2.75) is 20.5 Å². The van der Waals surface area contributed by atoms with E-state index in [-0.39, 0.29) is 5.69 Å². The van der Waals surface area contributed by atoms with Crippen LogP contribution in [0.15, 0.2) is 47.3 Å². The second-order valence-electron chi connectivity index (χ2n) is 5.47. The van der Waals surface area contributed by atoms with Gasteiger partial charge in [-0.15, -0.1) is 0 Å². The molecule has 0 spiro atoms. The van der Waals surface area contributed by atoms with Gasteiger partial charge in [-0.1, -0.05) is 29.8 Å². The maximum atomic E-state index is 12.1. The highest BCUT2D eigenvalue weighted by atomic mass is 16.5. The van der Waals surface area contributed by atoms with Crippen LogP contribution >= 0.6 is 0 Å². The number of nitrogens with zero attached hydrogens (tertiary/aromatic N) is 4. The standard InChI is InChI=1S/C17H18N4O2/c1-12-7-9-14(10-8-12)23-11-15-13(2)5-4-6-16(15)21-17(22)20(3)18-19-21/h4-10H,11H2,1-3H3. The smallest absolute Gasteiger partial charge is 0.368 e. The third-order valence-corrected chi connectivity index (χ3v) is 3.74. The van der Waals surface area contributed by atoms with Crippen LogP contribution in [0.25, 0.3) is 5.69 Å². The van der Waals surface area contributed by atoms with E-state index < -0.39 is 0 Å². The molecule has 2 aromatic carbocycles. The van der Waals surface area contributed by atoms with E-state index in [1.54, 1.807) is 7.05 Å². The minimum Gasteiger partial charge on any atom is -0.489 e. The molecular weight excluding hydrogens is 292 g/mol. The second kappa shape index (κ2) is 6.08. The second-order valence-corrected chi connectivity index (χ2v) is 5.47. The molecule has 3 aromatic rings. The first-order valence-corrected chi connectivity index (χ1v) is 7.33. The van der Waals surface area contributed by atoms with Crippen molar-refractivity contribution in [3.05, 3.63) is 69.6 Å². The Morgan fingerprint density at radius 3 is 2.43 bits per heavy atom. The molecule has 0 saturated heterocycles. The van der Waals surface area contributed by atoms with Gasteiger partial charge in [-0.25, -0.2) is 4.79 Å². The molecule has 1 aromatic heterocycles. The largest absolute Gasteiger partial charge is 0.489 e. The zero-order valence-corrected chi connectivity index (χ0v) is 13.4. The molecule has 0 saturated carbocycles. The van der Waals surface area contributed by atoms with Gasteiger partial charge in [-0.05, 0) is 48.0 Å². The van der Waals surface area contributed by atoms with Gasteiger partial charge in [0.25, 0.3) is 0 Å². The molecule has 6 heteroatoms. The summed E-state index contributed by atoms with van der Waals surface area (Å²) in [7, 11) is 1.57. The summed E-state index contributed by atoms with van der Waals surface area (Å²) in [6.45, 7) is 4.37. The fourth-order valence-corrected chi connectivity index (χ4v) is 2.33. The van der Waals surface area contributed by atoms with Gasteiger partial charge in [0.05, 0.1) is 5.69 Å². The summed E-state index contributed by atoms with van der Waals surface area (Å²) in [4.78, 5) is 12.1. The molecule has 0 unspecified atom stereocenters. The Balaban J connectivity index is 1.94. The monoisotopic (exact) mass is 310 g/mol. The molecule has 118 valence electrons. The molecule has 0 aliphatic rings. The summed E-state index contributed by atoms with van der Waals surface area (Å²) in [6, 6.07) is 13.6. The average molecular weight is 310 g/mol. The molecule has 6 nitrogen and oxygen atoms in total. The van der Waals surface area contributed by atoms with Gasteiger partial charge in [0.1, 0.15) is 12.4 Å². The van der Waals surface area contributed by atoms with Gasteiger partial charge in [0, 0.05) is 12.6 Å². The van der Waals surface area contributed by atoms with Gasteiger partial charge < -0.3 is 4.74 Å². The third-order valence-electron chi connectivity index (χ3n) is 3.74. The Morgan fingerprint density at radius 1 is 1.04 bits per heavy atom. The number of tetrazole rings is 1. The van der Waals surface area contributed by atoms with Crippen LogP contribution in [0.2, 0.25) is 0 Å². The van der Waals surface area contributed by atoms with E-state index in [4.69, 9.17) is 4.74 Å². The number of benzene rings is 2. The lowest BCUT2D eigenvalue weighted by Gasteiger charge is -2.13. The summed E-state index contributed by atoms with van der Waals surface area (Å²) >= 11 is 0. The van der Waals surface area contributed by atoms with E-state index in [0.717, 1.165) is 16.9 Å². The van der Waals surface area contributed by atoms with Gasteiger partial charge in [-0.3, -0.25) is 0 Å². The van der Waals surface area contributed by atoms with Crippen LogP contribution in [-0.4, -0.2) is 19.8 Å². The van der Waals surface area contributed by atoms with E-state index in [0.29, 0.717) is 12.3 Å². The molecule has 1 heterocycles. The van der Waals surface area contributed by atoms with Crippen molar-refractivity contribution in [3.63, 3.8) is 0 Å². The van der Waals surface area contributed by atoms with Crippen molar-refractivity contribution in [2.75, 3.05) is 0 Å².